The molecule has 0 aromatic carbocycles. The van der Waals surface area contributed by atoms with Crippen molar-refractivity contribution < 1.29 is 0 Å². The second kappa shape index (κ2) is 5.61. The SMILES string of the molecule is NCC1CCCCC1CNc1cccc2nccn12. The van der Waals surface area contributed by atoms with Crippen LogP contribution in [0.3, 0.4) is 0 Å². The zero-order valence-corrected chi connectivity index (χ0v) is 11.3. The highest BCUT2D eigenvalue weighted by atomic mass is 15.1. The molecule has 2 heterocycles. The fourth-order valence-corrected chi connectivity index (χ4v) is 3.19. The summed E-state index contributed by atoms with van der Waals surface area (Å²) in [6, 6.07) is 6.18. The van der Waals surface area contributed by atoms with Gasteiger partial charge in [-0.2, -0.15) is 0 Å². The Bertz CT molecular complexity index is 534. The van der Waals surface area contributed by atoms with Crippen molar-refractivity contribution in [2.75, 3.05) is 18.4 Å². The molecule has 0 aliphatic heterocycles. The molecule has 1 aliphatic rings. The highest BCUT2D eigenvalue weighted by Gasteiger charge is 2.23. The number of nitrogens with two attached hydrogens (primary N) is 1. The number of aromatic nitrogens is 2. The van der Waals surface area contributed by atoms with Crippen molar-refractivity contribution in [3.63, 3.8) is 0 Å². The van der Waals surface area contributed by atoms with Gasteiger partial charge in [0.05, 0.1) is 0 Å². The molecule has 2 aromatic rings. The Morgan fingerprint density at radius 2 is 2.11 bits per heavy atom. The van der Waals surface area contributed by atoms with Crippen LogP contribution in [0, 0.1) is 11.8 Å². The summed E-state index contributed by atoms with van der Waals surface area (Å²) >= 11 is 0. The van der Waals surface area contributed by atoms with Gasteiger partial charge in [0, 0.05) is 18.9 Å². The lowest BCUT2D eigenvalue weighted by Crippen LogP contribution is -2.31. The zero-order chi connectivity index (χ0) is 13.1. The van der Waals surface area contributed by atoms with Crippen LogP contribution in [0.25, 0.3) is 5.65 Å². The standard InChI is InChI=1S/C15H22N4/c16-10-12-4-1-2-5-13(12)11-18-15-7-3-6-14-17-8-9-19(14)15/h3,6-9,12-13,18H,1-2,4-5,10-11,16H2. The molecule has 4 nitrogen and oxygen atoms in total. The van der Waals surface area contributed by atoms with Gasteiger partial charge in [0.2, 0.25) is 0 Å². The summed E-state index contributed by atoms with van der Waals surface area (Å²) < 4.78 is 2.10. The quantitative estimate of drug-likeness (QED) is 0.886. The first-order valence-electron chi connectivity index (χ1n) is 7.24. The number of hydrogen-bond donors (Lipinski definition) is 2. The first kappa shape index (κ1) is 12.5. The molecule has 1 fully saturated rings. The van der Waals surface area contributed by atoms with E-state index >= 15 is 0 Å². The van der Waals surface area contributed by atoms with Gasteiger partial charge in [-0.3, -0.25) is 4.40 Å². The van der Waals surface area contributed by atoms with Crippen molar-refractivity contribution >= 4 is 11.5 Å². The van der Waals surface area contributed by atoms with Crippen molar-refractivity contribution in [3.05, 3.63) is 30.6 Å². The maximum atomic E-state index is 5.89. The number of hydrogen-bond acceptors (Lipinski definition) is 3. The lowest BCUT2D eigenvalue weighted by molar-refractivity contribution is 0.255. The van der Waals surface area contributed by atoms with Crippen LogP contribution in [0.2, 0.25) is 0 Å². The minimum Gasteiger partial charge on any atom is -0.371 e. The van der Waals surface area contributed by atoms with Crippen molar-refractivity contribution in [2.24, 2.45) is 17.6 Å². The molecule has 2 aromatic heterocycles. The molecule has 2 unspecified atom stereocenters. The molecular weight excluding hydrogens is 236 g/mol. The van der Waals surface area contributed by atoms with E-state index in [1.54, 1.807) is 0 Å². The molecular formula is C15H22N4. The largest absolute Gasteiger partial charge is 0.371 e. The Morgan fingerprint density at radius 3 is 2.95 bits per heavy atom. The maximum absolute atomic E-state index is 5.89. The van der Waals surface area contributed by atoms with Gasteiger partial charge < -0.3 is 11.1 Å². The number of rotatable bonds is 4. The van der Waals surface area contributed by atoms with E-state index < -0.39 is 0 Å². The van der Waals surface area contributed by atoms with E-state index in [0.717, 1.165) is 24.6 Å². The van der Waals surface area contributed by atoms with Crippen LogP contribution in [-0.4, -0.2) is 22.5 Å². The lowest BCUT2D eigenvalue weighted by Gasteiger charge is -2.31. The highest BCUT2D eigenvalue weighted by Crippen LogP contribution is 2.29. The Labute approximate surface area is 114 Å². The van der Waals surface area contributed by atoms with E-state index in [1.807, 2.05) is 24.5 Å². The normalized spacial score (nSPS) is 23.6. The van der Waals surface area contributed by atoms with Crippen LogP contribution in [0.5, 0.6) is 0 Å². The molecule has 19 heavy (non-hydrogen) atoms. The van der Waals surface area contributed by atoms with Crippen LogP contribution in [-0.2, 0) is 0 Å². The van der Waals surface area contributed by atoms with Gasteiger partial charge in [0.1, 0.15) is 11.5 Å². The maximum Gasteiger partial charge on any atom is 0.138 e. The fraction of sp³-hybridized carbons (Fsp3) is 0.533. The molecule has 1 aliphatic carbocycles. The summed E-state index contributed by atoms with van der Waals surface area (Å²) in [6.45, 7) is 1.83. The zero-order valence-electron chi connectivity index (χ0n) is 11.3. The predicted molar refractivity (Wildman–Crippen MR) is 78.2 cm³/mol. The number of nitrogens with zero attached hydrogens (tertiary/aromatic N) is 2. The summed E-state index contributed by atoms with van der Waals surface area (Å²) in [4.78, 5) is 4.31. The third kappa shape index (κ3) is 2.59. The minimum atomic E-state index is 0.684. The third-order valence-corrected chi connectivity index (χ3v) is 4.34. The van der Waals surface area contributed by atoms with Crippen molar-refractivity contribution in [2.45, 2.75) is 25.7 Å². The van der Waals surface area contributed by atoms with Crippen molar-refractivity contribution in [1.82, 2.24) is 9.38 Å². The van der Waals surface area contributed by atoms with E-state index in [0.29, 0.717) is 11.8 Å². The Hall–Kier alpha value is -1.55. The van der Waals surface area contributed by atoms with Gasteiger partial charge in [-0.15, -0.1) is 0 Å². The van der Waals surface area contributed by atoms with Crippen LogP contribution < -0.4 is 11.1 Å². The smallest absolute Gasteiger partial charge is 0.138 e. The van der Waals surface area contributed by atoms with Crippen LogP contribution >= 0.6 is 0 Å². The van der Waals surface area contributed by atoms with E-state index in [4.69, 9.17) is 5.73 Å². The first-order chi connectivity index (χ1) is 9.38. The van der Waals surface area contributed by atoms with Gasteiger partial charge in [-0.25, -0.2) is 4.98 Å². The number of nitrogens with one attached hydrogen (secondary N) is 1. The molecule has 1 saturated carbocycles. The van der Waals surface area contributed by atoms with Gasteiger partial charge in [-0.1, -0.05) is 18.9 Å². The second-order valence-electron chi connectivity index (χ2n) is 5.49. The molecule has 0 amide bonds. The van der Waals surface area contributed by atoms with Crippen molar-refractivity contribution in [1.29, 1.82) is 0 Å². The van der Waals surface area contributed by atoms with Gasteiger partial charge in [-0.05, 0) is 43.4 Å². The minimum absolute atomic E-state index is 0.684. The van der Waals surface area contributed by atoms with Crippen molar-refractivity contribution in [3.8, 4) is 0 Å². The topological polar surface area (TPSA) is 55.3 Å². The average molecular weight is 258 g/mol. The Kier molecular flexibility index (Phi) is 3.69. The summed E-state index contributed by atoms with van der Waals surface area (Å²) in [6.07, 6.45) is 9.11. The Morgan fingerprint density at radius 1 is 1.26 bits per heavy atom. The summed E-state index contributed by atoms with van der Waals surface area (Å²) in [5, 5.41) is 3.58. The van der Waals surface area contributed by atoms with Crippen LogP contribution in [0.15, 0.2) is 30.6 Å². The van der Waals surface area contributed by atoms with Gasteiger partial charge in [0.15, 0.2) is 0 Å². The molecule has 0 radical (unpaired) electrons. The summed E-state index contributed by atoms with van der Waals surface area (Å²) in [5.41, 5.74) is 6.88. The first-order valence-corrected chi connectivity index (χ1v) is 7.24. The average Bonchev–Trinajstić information content (AvgIpc) is 2.94. The van der Waals surface area contributed by atoms with E-state index in [-0.39, 0.29) is 0 Å². The predicted octanol–water partition coefficient (Wildman–Crippen LogP) is 2.51. The molecule has 0 bridgehead atoms. The number of fused-ring (bicyclic) bond motifs is 1. The number of anilines is 1. The van der Waals surface area contributed by atoms with E-state index in [2.05, 4.69) is 20.8 Å². The van der Waals surface area contributed by atoms with Gasteiger partial charge >= 0.3 is 0 Å². The fourth-order valence-electron chi connectivity index (χ4n) is 3.19. The molecule has 0 spiro atoms. The van der Waals surface area contributed by atoms with Crippen LogP contribution in [0.4, 0.5) is 5.82 Å². The highest BCUT2D eigenvalue weighted by molar-refractivity contribution is 5.49. The molecule has 4 heteroatoms. The summed E-state index contributed by atoms with van der Waals surface area (Å²) in [5.74, 6) is 2.51. The van der Waals surface area contributed by atoms with Crippen LogP contribution in [0.1, 0.15) is 25.7 Å². The summed E-state index contributed by atoms with van der Waals surface area (Å²) in [7, 11) is 0. The van der Waals surface area contributed by atoms with Gasteiger partial charge in [0.25, 0.3) is 0 Å². The molecule has 3 N–H and O–H groups in total. The van der Waals surface area contributed by atoms with E-state index in [9.17, 15) is 0 Å². The monoisotopic (exact) mass is 258 g/mol. The molecule has 102 valence electrons. The second-order valence-corrected chi connectivity index (χ2v) is 5.49. The third-order valence-electron chi connectivity index (χ3n) is 4.34. The number of imidazole rings is 1. The molecule has 3 rings (SSSR count). The van der Waals surface area contributed by atoms with E-state index in [1.165, 1.54) is 25.7 Å². The number of pyridine rings is 1. The molecule has 0 saturated heterocycles. The lowest BCUT2D eigenvalue weighted by atomic mass is 9.79. The Balaban J connectivity index is 1.69. The molecule has 2 atom stereocenters.